The maximum atomic E-state index is 12.8. The number of nitrogens with zero attached hydrogens (tertiary/aromatic N) is 2. The summed E-state index contributed by atoms with van der Waals surface area (Å²) in [7, 11) is 0. The van der Waals surface area contributed by atoms with E-state index in [0.717, 1.165) is 16.7 Å². The lowest BCUT2D eigenvalue weighted by molar-refractivity contribution is -0.384. The molecule has 0 unspecified atom stereocenters. The minimum absolute atomic E-state index is 0.0156. The van der Waals surface area contributed by atoms with Crippen LogP contribution in [0.25, 0.3) is 17.4 Å². The summed E-state index contributed by atoms with van der Waals surface area (Å²) in [6.45, 7) is 4.13. The molecule has 2 heterocycles. The molecule has 4 rings (SSSR count). The lowest BCUT2D eigenvalue weighted by Crippen LogP contribution is -2.27. The molecule has 3 aromatic rings. The van der Waals surface area contributed by atoms with E-state index in [4.69, 9.17) is 16.6 Å². The largest absolute Gasteiger partial charge is 0.456 e. The number of furan rings is 1. The van der Waals surface area contributed by atoms with Crippen LogP contribution in [0.3, 0.4) is 0 Å². The van der Waals surface area contributed by atoms with Gasteiger partial charge < -0.3 is 4.42 Å². The first-order valence-corrected chi connectivity index (χ1v) is 10.7. The Labute approximate surface area is 188 Å². The van der Waals surface area contributed by atoms with Crippen molar-refractivity contribution >= 4 is 46.0 Å². The number of benzene rings is 2. The first-order chi connectivity index (χ1) is 14.8. The molecule has 6 nitrogen and oxygen atoms in total. The smallest absolute Gasteiger partial charge is 0.280 e. The first-order valence-electron chi connectivity index (χ1n) is 9.48. The molecule has 1 aliphatic heterocycles. The Morgan fingerprint density at radius 3 is 2.55 bits per heavy atom. The van der Waals surface area contributed by atoms with Crippen LogP contribution in [0.15, 0.2) is 63.9 Å². The predicted octanol–water partition coefficient (Wildman–Crippen LogP) is 5.87. The average Bonchev–Trinajstić information content (AvgIpc) is 3.31. The molecule has 31 heavy (non-hydrogen) atoms. The van der Waals surface area contributed by atoms with Crippen LogP contribution in [0.2, 0.25) is 0 Å². The van der Waals surface area contributed by atoms with Gasteiger partial charge >= 0.3 is 0 Å². The molecule has 0 saturated carbocycles. The Hall–Kier alpha value is -3.23. The van der Waals surface area contributed by atoms with Crippen LogP contribution < -0.4 is 0 Å². The fourth-order valence-electron chi connectivity index (χ4n) is 3.26. The van der Waals surface area contributed by atoms with Crippen molar-refractivity contribution < 1.29 is 14.1 Å². The van der Waals surface area contributed by atoms with Crippen LogP contribution in [-0.4, -0.2) is 20.1 Å². The van der Waals surface area contributed by atoms with Gasteiger partial charge in [0.25, 0.3) is 11.6 Å². The second-order valence-corrected chi connectivity index (χ2v) is 8.84. The summed E-state index contributed by atoms with van der Waals surface area (Å²) in [6.07, 6.45) is 1.63. The molecule has 0 bridgehead atoms. The van der Waals surface area contributed by atoms with E-state index in [2.05, 4.69) is 0 Å². The highest BCUT2D eigenvalue weighted by atomic mass is 32.2. The molecule has 1 amide bonds. The van der Waals surface area contributed by atoms with Crippen molar-refractivity contribution in [1.29, 1.82) is 0 Å². The highest BCUT2D eigenvalue weighted by Crippen LogP contribution is 2.36. The van der Waals surface area contributed by atoms with Crippen molar-refractivity contribution in [3.8, 4) is 11.3 Å². The van der Waals surface area contributed by atoms with E-state index >= 15 is 0 Å². The predicted molar refractivity (Wildman–Crippen MR) is 125 cm³/mol. The van der Waals surface area contributed by atoms with Crippen molar-refractivity contribution in [1.82, 2.24) is 4.90 Å². The number of aryl methyl sites for hydroxylation is 2. The summed E-state index contributed by atoms with van der Waals surface area (Å²) >= 11 is 6.60. The standard InChI is InChI=1S/C23H18N2O4S2/c1-14-10-18(19(25(27)28)11-15(14)2)20-9-8-17(29-20)12-21-22(26)24(23(30)31-21)13-16-6-4-3-5-7-16/h3-12H,13H2,1-2H3/b21-12+. The summed E-state index contributed by atoms with van der Waals surface area (Å²) in [4.78, 5) is 25.9. The van der Waals surface area contributed by atoms with Gasteiger partial charge in [-0.2, -0.15) is 0 Å². The molecular formula is C23H18N2O4S2. The monoisotopic (exact) mass is 450 g/mol. The summed E-state index contributed by atoms with van der Waals surface area (Å²) in [5.74, 6) is 0.623. The minimum atomic E-state index is -0.418. The zero-order valence-electron chi connectivity index (χ0n) is 16.8. The SMILES string of the molecule is Cc1cc(-c2ccc(/C=C3/SC(=S)N(Cc4ccccc4)C3=O)o2)c([N+](=O)[O-])cc1C. The second-order valence-electron chi connectivity index (χ2n) is 7.17. The van der Waals surface area contributed by atoms with Gasteiger partial charge in [0.15, 0.2) is 0 Å². The average molecular weight is 451 g/mol. The number of amides is 1. The number of thiocarbonyl (C=S) groups is 1. The molecular weight excluding hydrogens is 432 g/mol. The van der Waals surface area contributed by atoms with Crippen molar-refractivity contribution in [2.24, 2.45) is 0 Å². The Balaban J connectivity index is 1.61. The summed E-state index contributed by atoms with van der Waals surface area (Å²) in [5, 5.41) is 11.5. The number of carbonyl (C=O) groups is 1. The third kappa shape index (κ3) is 4.30. The molecule has 1 fully saturated rings. The molecule has 0 N–H and O–H groups in total. The van der Waals surface area contributed by atoms with Gasteiger partial charge in [0, 0.05) is 12.1 Å². The van der Waals surface area contributed by atoms with E-state index < -0.39 is 4.92 Å². The highest BCUT2D eigenvalue weighted by Gasteiger charge is 2.32. The van der Waals surface area contributed by atoms with E-state index in [1.807, 2.05) is 44.2 Å². The molecule has 0 spiro atoms. The quantitative estimate of drug-likeness (QED) is 0.209. The van der Waals surface area contributed by atoms with Gasteiger partial charge in [0.05, 0.1) is 21.9 Å². The van der Waals surface area contributed by atoms with E-state index in [-0.39, 0.29) is 11.6 Å². The fourth-order valence-corrected chi connectivity index (χ4v) is 4.49. The van der Waals surface area contributed by atoms with E-state index in [9.17, 15) is 14.9 Å². The maximum absolute atomic E-state index is 12.8. The molecule has 8 heteroatoms. The number of carbonyl (C=O) groups excluding carboxylic acids is 1. The van der Waals surface area contributed by atoms with Gasteiger partial charge in [-0.05, 0) is 48.7 Å². The molecule has 0 atom stereocenters. The Bertz CT molecular complexity index is 1230. The van der Waals surface area contributed by atoms with Crippen LogP contribution >= 0.6 is 24.0 Å². The Kier molecular flexibility index (Phi) is 5.75. The fraction of sp³-hybridized carbons (Fsp3) is 0.130. The van der Waals surface area contributed by atoms with Gasteiger partial charge in [-0.25, -0.2) is 0 Å². The highest BCUT2D eigenvalue weighted by molar-refractivity contribution is 8.26. The summed E-state index contributed by atoms with van der Waals surface area (Å²) < 4.78 is 6.33. The summed E-state index contributed by atoms with van der Waals surface area (Å²) in [5.41, 5.74) is 3.15. The van der Waals surface area contributed by atoms with Crippen LogP contribution in [-0.2, 0) is 11.3 Å². The molecule has 0 aliphatic carbocycles. The van der Waals surface area contributed by atoms with Crippen LogP contribution in [0.5, 0.6) is 0 Å². The van der Waals surface area contributed by atoms with E-state index in [1.165, 1.54) is 11.8 Å². The number of hydrogen-bond acceptors (Lipinski definition) is 6. The van der Waals surface area contributed by atoms with Gasteiger partial charge in [0.1, 0.15) is 15.8 Å². The lowest BCUT2D eigenvalue weighted by atomic mass is 10.0. The van der Waals surface area contributed by atoms with Gasteiger partial charge in [0.2, 0.25) is 0 Å². The Morgan fingerprint density at radius 1 is 1.13 bits per heavy atom. The second kappa shape index (κ2) is 8.49. The normalized spacial score (nSPS) is 15.2. The number of thioether (sulfide) groups is 1. The summed E-state index contributed by atoms with van der Waals surface area (Å²) in [6, 6.07) is 16.3. The minimum Gasteiger partial charge on any atom is -0.456 e. The molecule has 1 aliphatic rings. The molecule has 156 valence electrons. The third-order valence-corrected chi connectivity index (χ3v) is 6.41. The van der Waals surface area contributed by atoms with Crippen LogP contribution in [0.1, 0.15) is 22.5 Å². The zero-order valence-corrected chi connectivity index (χ0v) is 18.5. The number of nitro groups is 1. The van der Waals surface area contributed by atoms with Crippen molar-refractivity contribution in [2.45, 2.75) is 20.4 Å². The van der Waals surface area contributed by atoms with E-state index in [0.29, 0.717) is 32.9 Å². The van der Waals surface area contributed by atoms with Crippen LogP contribution in [0, 0.1) is 24.0 Å². The number of rotatable bonds is 5. The zero-order chi connectivity index (χ0) is 22.1. The first kappa shape index (κ1) is 21.0. The third-order valence-electron chi connectivity index (χ3n) is 5.03. The van der Waals surface area contributed by atoms with Crippen molar-refractivity contribution in [3.05, 3.63) is 92.1 Å². The maximum Gasteiger partial charge on any atom is 0.280 e. The van der Waals surface area contributed by atoms with Crippen LogP contribution in [0.4, 0.5) is 5.69 Å². The van der Waals surface area contributed by atoms with Gasteiger partial charge in [-0.1, -0.05) is 54.3 Å². The molecule has 1 saturated heterocycles. The van der Waals surface area contributed by atoms with Gasteiger partial charge in [-0.3, -0.25) is 19.8 Å². The molecule has 1 aromatic heterocycles. The topological polar surface area (TPSA) is 76.6 Å². The molecule has 0 radical (unpaired) electrons. The lowest BCUT2D eigenvalue weighted by Gasteiger charge is -2.14. The molecule has 2 aromatic carbocycles. The van der Waals surface area contributed by atoms with Crippen molar-refractivity contribution in [2.75, 3.05) is 0 Å². The Morgan fingerprint density at radius 2 is 1.84 bits per heavy atom. The van der Waals surface area contributed by atoms with Gasteiger partial charge in [-0.15, -0.1) is 0 Å². The number of nitro benzene ring substituents is 1. The van der Waals surface area contributed by atoms with Crippen molar-refractivity contribution in [3.63, 3.8) is 0 Å². The van der Waals surface area contributed by atoms with E-state index in [1.54, 1.807) is 35.2 Å². The number of hydrogen-bond donors (Lipinski definition) is 0.